The van der Waals surface area contributed by atoms with Gasteiger partial charge in [0.2, 0.25) is 0 Å². The number of halogens is 1. The molecule has 108 valence electrons. The van der Waals surface area contributed by atoms with Crippen molar-refractivity contribution in [1.82, 2.24) is 0 Å². The molecule has 1 saturated carbocycles. The zero-order valence-corrected chi connectivity index (χ0v) is 12.3. The molecule has 1 heterocycles. The van der Waals surface area contributed by atoms with Gasteiger partial charge in [-0.1, -0.05) is 13.8 Å². The van der Waals surface area contributed by atoms with Gasteiger partial charge in [0.25, 0.3) is 0 Å². The highest BCUT2D eigenvalue weighted by Crippen LogP contribution is 2.38. The second kappa shape index (κ2) is 5.52. The van der Waals surface area contributed by atoms with Crippen LogP contribution in [-0.4, -0.2) is 22.7 Å². The fraction of sp³-hybridized carbons (Fsp3) is 0.533. The van der Waals surface area contributed by atoms with E-state index in [-0.39, 0.29) is 24.4 Å². The maximum absolute atomic E-state index is 12.2. The van der Waals surface area contributed by atoms with E-state index < -0.39 is 22.5 Å². The smallest absolute Gasteiger partial charge is 0.169 e. The van der Waals surface area contributed by atoms with Crippen LogP contribution in [0.3, 0.4) is 0 Å². The zero-order valence-electron chi connectivity index (χ0n) is 11.5. The lowest BCUT2D eigenvalue weighted by molar-refractivity contribution is -0.144. The van der Waals surface area contributed by atoms with Gasteiger partial charge in [-0.05, 0) is 17.5 Å². The summed E-state index contributed by atoms with van der Waals surface area (Å²) in [4.78, 5) is 36.3. The van der Waals surface area contributed by atoms with E-state index in [1.54, 1.807) is 26.0 Å². The van der Waals surface area contributed by atoms with Crippen molar-refractivity contribution in [2.45, 2.75) is 38.5 Å². The molecule has 0 spiro atoms. The van der Waals surface area contributed by atoms with Crippen molar-refractivity contribution in [2.75, 3.05) is 0 Å². The molecule has 0 N–H and O–H groups in total. The Morgan fingerprint density at radius 2 is 2.15 bits per heavy atom. The molecule has 0 unspecified atom stereocenters. The Kier molecular flexibility index (Phi) is 4.14. The minimum absolute atomic E-state index is 0.111. The first-order chi connectivity index (χ1) is 9.33. The molecular formula is C15H17ClO4. The molecule has 20 heavy (non-hydrogen) atoms. The molecule has 1 fully saturated rings. The summed E-state index contributed by atoms with van der Waals surface area (Å²) in [5.74, 6) is -1.67. The molecule has 1 aromatic rings. The Bertz CT molecular complexity index is 530. The van der Waals surface area contributed by atoms with Gasteiger partial charge in [-0.3, -0.25) is 14.4 Å². The molecule has 1 aliphatic rings. The monoisotopic (exact) mass is 296 g/mol. The van der Waals surface area contributed by atoms with Crippen LogP contribution in [-0.2, 0) is 20.8 Å². The van der Waals surface area contributed by atoms with Crippen LogP contribution >= 0.6 is 11.6 Å². The topological polar surface area (TPSA) is 64.3 Å². The van der Waals surface area contributed by atoms with E-state index in [9.17, 15) is 14.4 Å². The predicted molar refractivity (Wildman–Crippen MR) is 73.6 cm³/mol. The molecule has 0 amide bonds. The third-order valence-corrected chi connectivity index (χ3v) is 4.50. The number of rotatable bonds is 4. The fourth-order valence-corrected chi connectivity index (χ4v) is 2.72. The third-order valence-electron chi connectivity index (χ3n) is 3.69. The van der Waals surface area contributed by atoms with Crippen molar-refractivity contribution >= 4 is 29.0 Å². The van der Waals surface area contributed by atoms with Gasteiger partial charge in [0.1, 0.15) is 11.7 Å². The molecule has 0 radical (unpaired) electrons. The molecule has 1 aliphatic carbocycles. The van der Waals surface area contributed by atoms with Crippen molar-refractivity contribution in [3.8, 4) is 0 Å². The normalized spacial score (nSPS) is 25.8. The van der Waals surface area contributed by atoms with Gasteiger partial charge in [-0.25, -0.2) is 0 Å². The van der Waals surface area contributed by atoms with Crippen molar-refractivity contribution in [2.24, 2.45) is 11.3 Å². The van der Waals surface area contributed by atoms with Crippen LogP contribution in [0.2, 0.25) is 0 Å². The van der Waals surface area contributed by atoms with Gasteiger partial charge < -0.3 is 4.42 Å². The molecule has 0 bridgehead atoms. The van der Waals surface area contributed by atoms with E-state index in [4.69, 9.17) is 16.0 Å². The first-order valence-electron chi connectivity index (χ1n) is 6.58. The summed E-state index contributed by atoms with van der Waals surface area (Å²) in [5, 5.41) is -0.794. The van der Waals surface area contributed by atoms with Gasteiger partial charge in [-0.15, -0.1) is 11.6 Å². The van der Waals surface area contributed by atoms with Crippen molar-refractivity contribution < 1.29 is 18.8 Å². The Balaban J connectivity index is 2.05. The van der Waals surface area contributed by atoms with Gasteiger partial charge in [0.15, 0.2) is 17.3 Å². The van der Waals surface area contributed by atoms with Crippen LogP contribution in [0.5, 0.6) is 0 Å². The van der Waals surface area contributed by atoms with Crippen LogP contribution < -0.4 is 0 Å². The summed E-state index contributed by atoms with van der Waals surface area (Å²) in [6.45, 7) is 3.54. The third kappa shape index (κ3) is 2.85. The molecule has 0 aliphatic heterocycles. The quantitative estimate of drug-likeness (QED) is 0.633. The lowest BCUT2D eigenvalue weighted by atomic mass is 9.69. The zero-order chi connectivity index (χ0) is 14.9. The molecule has 1 aromatic heterocycles. The summed E-state index contributed by atoms with van der Waals surface area (Å²) in [6, 6.07) is 3.49. The average Bonchev–Trinajstić information content (AvgIpc) is 2.86. The number of aryl methyl sites for hydroxylation is 1. The number of alkyl halides is 1. The summed E-state index contributed by atoms with van der Waals surface area (Å²) in [5.41, 5.74) is -0.590. The minimum Gasteiger partial charge on any atom is -0.469 e. The van der Waals surface area contributed by atoms with Crippen LogP contribution in [0.1, 0.15) is 32.4 Å². The summed E-state index contributed by atoms with van der Waals surface area (Å²) in [6.07, 6.45) is 2.18. The Labute approximate surface area is 122 Å². The van der Waals surface area contributed by atoms with Gasteiger partial charge >= 0.3 is 0 Å². The van der Waals surface area contributed by atoms with Crippen molar-refractivity contribution in [3.63, 3.8) is 0 Å². The second-order valence-electron chi connectivity index (χ2n) is 5.88. The first kappa shape index (κ1) is 15.0. The van der Waals surface area contributed by atoms with Crippen molar-refractivity contribution in [3.05, 3.63) is 24.2 Å². The van der Waals surface area contributed by atoms with E-state index in [0.29, 0.717) is 12.2 Å². The maximum atomic E-state index is 12.2. The highest BCUT2D eigenvalue weighted by atomic mass is 35.5. The number of Topliss-reactive ketones (excluding diaryl/α,β-unsaturated/α-hetero) is 3. The van der Waals surface area contributed by atoms with Gasteiger partial charge in [0.05, 0.1) is 11.6 Å². The number of furan rings is 1. The van der Waals surface area contributed by atoms with Crippen LogP contribution in [0.25, 0.3) is 0 Å². The van der Waals surface area contributed by atoms with Crippen LogP contribution in [0, 0.1) is 11.3 Å². The van der Waals surface area contributed by atoms with Crippen LogP contribution in [0.4, 0.5) is 0 Å². The molecule has 2 atom stereocenters. The lowest BCUT2D eigenvalue weighted by Crippen LogP contribution is -2.49. The average molecular weight is 297 g/mol. The SMILES string of the molecule is CC1(C)CC(=O)[C@H](C(=O)CCc2ccco2)C(=O)[C@@H]1Cl. The Morgan fingerprint density at radius 1 is 1.45 bits per heavy atom. The molecule has 0 aromatic carbocycles. The number of ketones is 3. The van der Waals surface area contributed by atoms with Crippen molar-refractivity contribution in [1.29, 1.82) is 0 Å². The highest BCUT2D eigenvalue weighted by Gasteiger charge is 2.49. The largest absolute Gasteiger partial charge is 0.469 e. The summed E-state index contributed by atoms with van der Waals surface area (Å²) in [7, 11) is 0. The standard InChI is InChI=1S/C15H17ClO4/c1-15(2)8-11(18)12(13(19)14(15)16)10(17)6-5-9-4-3-7-20-9/h3-4,7,12,14H,5-6,8H2,1-2H3/t12-,14-/m0/s1. The second-order valence-corrected chi connectivity index (χ2v) is 6.31. The number of hydrogen-bond acceptors (Lipinski definition) is 4. The van der Waals surface area contributed by atoms with E-state index in [2.05, 4.69) is 0 Å². The summed E-state index contributed by atoms with van der Waals surface area (Å²) >= 11 is 6.09. The minimum atomic E-state index is -1.19. The van der Waals surface area contributed by atoms with E-state index >= 15 is 0 Å². The molecular weight excluding hydrogens is 280 g/mol. The van der Waals surface area contributed by atoms with Gasteiger partial charge in [-0.2, -0.15) is 0 Å². The van der Waals surface area contributed by atoms with Gasteiger partial charge in [0, 0.05) is 19.3 Å². The van der Waals surface area contributed by atoms with E-state index in [1.165, 1.54) is 6.26 Å². The Morgan fingerprint density at radius 3 is 2.75 bits per heavy atom. The summed E-state index contributed by atoms with van der Waals surface area (Å²) < 4.78 is 5.13. The van der Waals surface area contributed by atoms with E-state index in [1.807, 2.05) is 0 Å². The van der Waals surface area contributed by atoms with E-state index in [0.717, 1.165) is 0 Å². The maximum Gasteiger partial charge on any atom is 0.169 e. The fourth-order valence-electron chi connectivity index (χ4n) is 2.51. The molecule has 2 rings (SSSR count). The first-order valence-corrected chi connectivity index (χ1v) is 7.02. The lowest BCUT2D eigenvalue weighted by Gasteiger charge is -2.35. The van der Waals surface area contributed by atoms with Crippen LogP contribution in [0.15, 0.2) is 22.8 Å². The number of carbonyl (C=O) groups excluding carboxylic acids is 3. The molecule has 0 saturated heterocycles. The molecule has 5 heteroatoms. The number of carbonyl (C=O) groups is 3. The highest BCUT2D eigenvalue weighted by molar-refractivity contribution is 6.38. The molecule has 4 nitrogen and oxygen atoms in total. The number of hydrogen-bond donors (Lipinski definition) is 0. The Hall–Kier alpha value is -1.42. The predicted octanol–water partition coefficient (Wildman–Crippen LogP) is 2.57.